The number of benzene rings is 6. The summed E-state index contributed by atoms with van der Waals surface area (Å²) < 4.78 is 0. The summed E-state index contributed by atoms with van der Waals surface area (Å²) in [5.41, 5.74) is 19.5. The van der Waals surface area contributed by atoms with Crippen LogP contribution < -0.4 is 31.8 Å². The summed E-state index contributed by atoms with van der Waals surface area (Å²) in [7, 11) is 0. The average molecular weight is 886 g/mol. The molecule has 0 saturated carbocycles. The Morgan fingerprint density at radius 3 is 0.421 bits per heavy atom. The molecule has 0 heterocycles. The van der Waals surface area contributed by atoms with Gasteiger partial charge < -0.3 is 0 Å². The monoisotopic (exact) mass is 884 g/mol. The molecular formula is C54H68P2Pd. The predicted molar refractivity (Wildman–Crippen MR) is 258 cm³/mol. The summed E-state index contributed by atoms with van der Waals surface area (Å²) in [5, 5.41) is 9.81. The maximum absolute atomic E-state index is 3.01. The normalized spacial score (nSPS) is 12.7. The molecule has 0 radical (unpaired) electrons. The Balaban J connectivity index is 2.08. The molecule has 0 bridgehead atoms. The molecule has 0 aliphatic heterocycles. The van der Waals surface area contributed by atoms with E-state index in [0.717, 1.165) is 0 Å². The van der Waals surface area contributed by atoms with E-state index in [9.17, 15) is 0 Å². The molecule has 0 aliphatic carbocycles. The van der Waals surface area contributed by atoms with E-state index >= 15 is 0 Å². The van der Waals surface area contributed by atoms with Crippen molar-refractivity contribution < 1.29 is 17.0 Å². The van der Waals surface area contributed by atoms with Crippen LogP contribution in [0.15, 0.2) is 72.8 Å². The zero-order valence-corrected chi connectivity index (χ0v) is 41.8. The van der Waals surface area contributed by atoms with E-state index in [1.165, 1.54) is 100 Å². The van der Waals surface area contributed by atoms with Gasteiger partial charge in [-0.15, -0.1) is 0 Å². The second kappa shape index (κ2) is 16.1. The maximum atomic E-state index is 2.51. The first kappa shape index (κ1) is 43.4. The second-order valence-electron chi connectivity index (χ2n) is 17.9. The van der Waals surface area contributed by atoms with Crippen LogP contribution in [-0.4, -0.2) is 0 Å². The van der Waals surface area contributed by atoms with E-state index < -0.39 is 10.9 Å². The number of hydrogen-bond donors (Lipinski definition) is 0. The van der Waals surface area contributed by atoms with Crippen LogP contribution in [0.5, 0.6) is 0 Å². The molecule has 0 aliphatic rings. The van der Waals surface area contributed by atoms with Crippen LogP contribution in [0.4, 0.5) is 0 Å². The predicted octanol–water partition coefficient (Wildman–Crippen LogP) is 11.9. The van der Waals surface area contributed by atoms with E-state index in [1.54, 1.807) is 31.8 Å². The van der Waals surface area contributed by atoms with Crippen molar-refractivity contribution in [2.24, 2.45) is 0 Å². The van der Waals surface area contributed by atoms with Gasteiger partial charge in [0, 0.05) is 0 Å². The van der Waals surface area contributed by atoms with Gasteiger partial charge in [0.15, 0.2) is 0 Å². The van der Waals surface area contributed by atoms with Crippen LogP contribution in [-0.2, 0) is 17.0 Å². The Hall–Kier alpha value is -3.16. The van der Waals surface area contributed by atoms with Crippen molar-refractivity contribution in [3.05, 3.63) is 173 Å². The van der Waals surface area contributed by atoms with Gasteiger partial charge >= 0.3 is 357 Å². The second-order valence-corrected chi connectivity index (χ2v) is 34.5. The van der Waals surface area contributed by atoms with Gasteiger partial charge in [0.2, 0.25) is 0 Å². The van der Waals surface area contributed by atoms with E-state index in [1.807, 2.05) is 0 Å². The third kappa shape index (κ3) is 7.51. The minimum atomic E-state index is -3.01. The SMILES string of the molecule is Cc1cc(C)c([PH]([Pd][PH](c2c(C)cc(C)cc2C)(c2c(C)cc(C)cc2C)c2c(C)cc(C)cc2C)(c2c(C)cc(C)cc2C)c2c(C)cc(C)cc2C)c(C)c1. The van der Waals surface area contributed by atoms with Crippen molar-refractivity contribution in [2.45, 2.75) is 125 Å². The Morgan fingerprint density at radius 2 is 0.316 bits per heavy atom. The standard InChI is InChI=1S/2C27H33P.Pd/c2*1-16-10-19(4)25(20(5)11-16)28(26-21(6)12-17(2)13-22(26)7)27-23(8)14-18(3)15-24(27)9;/h2*10-15H,1-9H3;/q;;-2/p+2. The topological polar surface area (TPSA) is 0 Å². The fourth-order valence-corrected chi connectivity index (χ4v) is 52.7. The molecule has 6 aromatic rings. The van der Waals surface area contributed by atoms with Crippen molar-refractivity contribution in [1.29, 1.82) is 0 Å². The molecular weight excluding hydrogens is 817 g/mol. The Kier molecular flexibility index (Phi) is 12.3. The molecule has 304 valence electrons. The molecule has 6 rings (SSSR count). The van der Waals surface area contributed by atoms with Crippen molar-refractivity contribution in [2.75, 3.05) is 0 Å². The molecule has 57 heavy (non-hydrogen) atoms. The molecule has 0 N–H and O–H groups in total. The fourth-order valence-electron chi connectivity index (χ4n) is 11.4. The van der Waals surface area contributed by atoms with Gasteiger partial charge in [-0.3, -0.25) is 0 Å². The van der Waals surface area contributed by atoms with Crippen molar-refractivity contribution in [1.82, 2.24) is 0 Å². The third-order valence-corrected chi connectivity index (χ3v) is 40.3. The Labute approximate surface area is 355 Å². The van der Waals surface area contributed by atoms with Gasteiger partial charge in [0.05, 0.1) is 0 Å². The van der Waals surface area contributed by atoms with E-state index in [0.29, 0.717) is 0 Å². The van der Waals surface area contributed by atoms with Gasteiger partial charge in [-0.05, 0) is 0 Å². The quantitative estimate of drug-likeness (QED) is 0.106. The number of rotatable bonds is 8. The van der Waals surface area contributed by atoms with Crippen LogP contribution in [0, 0.1) is 125 Å². The summed E-state index contributed by atoms with van der Waals surface area (Å²) in [4.78, 5) is 0. The molecule has 0 saturated heterocycles. The fraction of sp³-hybridized carbons (Fsp3) is 0.333. The average Bonchev–Trinajstić information content (AvgIpc) is 3.01. The summed E-state index contributed by atoms with van der Waals surface area (Å²) in [5.74, 6) is 0. The van der Waals surface area contributed by atoms with Gasteiger partial charge in [-0.25, -0.2) is 0 Å². The van der Waals surface area contributed by atoms with E-state index in [-0.39, 0.29) is 17.0 Å². The van der Waals surface area contributed by atoms with Gasteiger partial charge in [0.1, 0.15) is 0 Å². The Morgan fingerprint density at radius 1 is 0.211 bits per heavy atom. The first-order valence-electron chi connectivity index (χ1n) is 20.7. The minimum absolute atomic E-state index is 0.265. The molecule has 0 spiro atoms. The van der Waals surface area contributed by atoms with Crippen molar-refractivity contribution in [3.63, 3.8) is 0 Å². The molecule has 0 nitrogen and oxygen atoms in total. The molecule has 0 unspecified atom stereocenters. The third-order valence-electron chi connectivity index (χ3n) is 12.3. The van der Waals surface area contributed by atoms with Gasteiger partial charge in [0.25, 0.3) is 0 Å². The van der Waals surface area contributed by atoms with Crippen LogP contribution in [0.3, 0.4) is 0 Å². The van der Waals surface area contributed by atoms with E-state index in [2.05, 4.69) is 197 Å². The molecule has 0 fully saturated rings. The van der Waals surface area contributed by atoms with Gasteiger partial charge in [-0.2, -0.15) is 0 Å². The first-order chi connectivity index (χ1) is 26.6. The summed E-state index contributed by atoms with van der Waals surface area (Å²) in [6, 6.07) is 30.1. The zero-order valence-electron chi connectivity index (χ0n) is 38.2. The van der Waals surface area contributed by atoms with Crippen molar-refractivity contribution >= 4 is 42.7 Å². The number of aryl methyl sites for hydroxylation is 18. The van der Waals surface area contributed by atoms with E-state index in [4.69, 9.17) is 0 Å². The summed E-state index contributed by atoms with van der Waals surface area (Å²) in [6.45, 7) is 43.1. The molecule has 6 aromatic carbocycles. The van der Waals surface area contributed by atoms with Crippen LogP contribution in [0.2, 0.25) is 0 Å². The van der Waals surface area contributed by atoms with Crippen LogP contribution >= 0.6 is 10.9 Å². The molecule has 0 aromatic heterocycles. The summed E-state index contributed by atoms with van der Waals surface area (Å²) in [6.07, 6.45) is 0. The first-order valence-corrected chi connectivity index (χ1v) is 29.0. The Bertz CT molecular complexity index is 1990. The number of hydrogen-bond acceptors (Lipinski definition) is 0. The van der Waals surface area contributed by atoms with Crippen molar-refractivity contribution in [3.8, 4) is 0 Å². The molecule has 3 heteroatoms. The van der Waals surface area contributed by atoms with Gasteiger partial charge in [-0.1, -0.05) is 0 Å². The zero-order chi connectivity index (χ0) is 42.0. The summed E-state index contributed by atoms with van der Waals surface area (Å²) >= 11 is 0.265. The molecule has 0 atom stereocenters. The molecule has 0 amide bonds. The van der Waals surface area contributed by atoms with Crippen LogP contribution in [0.1, 0.15) is 100 Å². The van der Waals surface area contributed by atoms with Crippen LogP contribution in [0.25, 0.3) is 0 Å².